The Morgan fingerprint density at radius 3 is 2.92 bits per heavy atom. The van der Waals surface area contributed by atoms with E-state index in [4.69, 9.17) is 9.47 Å². The van der Waals surface area contributed by atoms with Crippen LogP contribution in [0.1, 0.15) is 29.6 Å². The van der Waals surface area contributed by atoms with Gasteiger partial charge < -0.3 is 24.8 Å². The normalized spacial score (nSPS) is 24.5. The van der Waals surface area contributed by atoms with Crippen molar-refractivity contribution in [3.63, 3.8) is 0 Å². The molecular formula is C18H26IN3O4. The molecule has 2 N–H and O–H groups in total. The van der Waals surface area contributed by atoms with Gasteiger partial charge in [-0.15, -0.1) is 0 Å². The van der Waals surface area contributed by atoms with Crippen LogP contribution in [0.4, 0.5) is 5.82 Å². The van der Waals surface area contributed by atoms with Crippen molar-refractivity contribution in [2.75, 3.05) is 44.9 Å². The fourth-order valence-electron chi connectivity index (χ4n) is 3.74. The van der Waals surface area contributed by atoms with Crippen LogP contribution in [-0.4, -0.2) is 68.2 Å². The number of hydrogen-bond acceptors (Lipinski definition) is 7. The lowest BCUT2D eigenvalue weighted by Crippen LogP contribution is -2.54. The Hall–Kier alpha value is -0.970. The minimum atomic E-state index is -0.381. The number of esters is 1. The third kappa shape index (κ3) is 4.65. The van der Waals surface area contributed by atoms with E-state index in [-0.39, 0.29) is 24.5 Å². The Labute approximate surface area is 167 Å². The number of aliphatic hydroxyl groups excluding tert-OH is 1. The molecule has 2 aliphatic rings. The molecule has 2 saturated heterocycles. The molecule has 3 rings (SSSR count). The van der Waals surface area contributed by atoms with E-state index >= 15 is 0 Å². The van der Waals surface area contributed by atoms with Gasteiger partial charge in [-0.1, -0.05) is 0 Å². The van der Waals surface area contributed by atoms with Crippen molar-refractivity contribution in [3.8, 4) is 0 Å². The minimum Gasteiger partial charge on any atom is -0.465 e. The molecule has 0 bridgehead atoms. The second kappa shape index (κ2) is 9.29. The van der Waals surface area contributed by atoms with Gasteiger partial charge in [0.1, 0.15) is 11.4 Å². The van der Waals surface area contributed by atoms with E-state index in [0.29, 0.717) is 24.0 Å². The molecule has 144 valence electrons. The molecule has 0 aromatic carbocycles. The van der Waals surface area contributed by atoms with Crippen LogP contribution >= 0.6 is 22.6 Å². The first-order chi connectivity index (χ1) is 12.6. The predicted molar refractivity (Wildman–Crippen MR) is 106 cm³/mol. The monoisotopic (exact) mass is 475 g/mol. The number of halogens is 1. The molecule has 3 heterocycles. The van der Waals surface area contributed by atoms with Crippen molar-refractivity contribution in [2.45, 2.75) is 31.3 Å². The van der Waals surface area contributed by atoms with E-state index in [9.17, 15) is 9.90 Å². The number of pyridine rings is 1. The number of piperidine rings is 1. The number of methoxy groups -OCH3 is 1. The van der Waals surface area contributed by atoms with E-state index in [1.807, 2.05) is 0 Å². The summed E-state index contributed by atoms with van der Waals surface area (Å²) in [5.74, 6) is 0.354. The fourth-order valence-corrected chi connectivity index (χ4v) is 4.19. The van der Waals surface area contributed by atoms with Crippen LogP contribution in [0.25, 0.3) is 0 Å². The molecule has 0 amide bonds. The average molecular weight is 475 g/mol. The number of nitrogens with zero attached hydrogens (tertiary/aromatic N) is 2. The number of rotatable bonds is 5. The van der Waals surface area contributed by atoms with Crippen molar-refractivity contribution >= 4 is 34.4 Å². The van der Waals surface area contributed by atoms with E-state index in [0.717, 1.165) is 42.6 Å². The number of aromatic nitrogens is 1. The topological polar surface area (TPSA) is 83.9 Å². The number of carbonyl (C=O) groups excluding carboxylic acids is 1. The molecule has 1 aromatic rings. The van der Waals surface area contributed by atoms with Crippen molar-refractivity contribution in [1.82, 2.24) is 10.3 Å². The van der Waals surface area contributed by atoms with Crippen LogP contribution in [0, 0.1) is 9.49 Å². The third-order valence-corrected chi connectivity index (χ3v) is 5.77. The maximum atomic E-state index is 12.1. The second-order valence-electron chi connectivity index (χ2n) is 6.85. The molecule has 2 aliphatic heterocycles. The van der Waals surface area contributed by atoms with Crippen LogP contribution in [0.2, 0.25) is 0 Å². The standard InChI is InChI=1S/C18H26IN3O4/c1-25-18(24)15-8-13(19)9-20-17(15)22-5-2-16(12(10-22)11-23)21-14-3-6-26-7-4-14/h8-9,12,14,16,21,23H,2-7,10-11H2,1H3. The quantitative estimate of drug-likeness (QED) is 0.493. The average Bonchev–Trinajstić information content (AvgIpc) is 2.68. The van der Waals surface area contributed by atoms with Crippen LogP contribution in [0.5, 0.6) is 0 Å². The van der Waals surface area contributed by atoms with E-state index in [2.05, 4.69) is 37.8 Å². The van der Waals surface area contributed by atoms with Crippen LogP contribution in [0.3, 0.4) is 0 Å². The highest BCUT2D eigenvalue weighted by Crippen LogP contribution is 2.27. The minimum absolute atomic E-state index is 0.0955. The van der Waals surface area contributed by atoms with E-state index in [1.54, 1.807) is 12.3 Å². The Morgan fingerprint density at radius 2 is 2.23 bits per heavy atom. The zero-order valence-corrected chi connectivity index (χ0v) is 17.1. The fraction of sp³-hybridized carbons (Fsp3) is 0.667. The molecule has 0 saturated carbocycles. The number of nitrogens with one attached hydrogen (secondary N) is 1. The van der Waals surface area contributed by atoms with Gasteiger partial charge in [0.2, 0.25) is 0 Å². The molecule has 26 heavy (non-hydrogen) atoms. The summed E-state index contributed by atoms with van der Waals surface area (Å²) < 4.78 is 11.2. The Kier molecular flexibility index (Phi) is 7.07. The van der Waals surface area contributed by atoms with Gasteiger partial charge in [-0.3, -0.25) is 0 Å². The Bertz CT molecular complexity index is 624. The lowest BCUT2D eigenvalue weighted by Gasteiger charge is -2.41. The number of anilines is 1. The van der Waals surface area contributed by atoms with Gasteiger partial charge >= 0.3 is 5.97 Å². The number of ether oxygens (including phenoxy) is 2. The zero-order chi connectivity index (χ0) is 18.5. The molecular weight excluding hydrogens is 449 g/mol. The molecule has 8 heteroatoms. The zero-order valence-electron chi connectivity index (χ0n) is 15.0. The number of carbonyl (C=O) groups is 1. The molecule has 0 aliphatic carbocycles. The van der Waals surface area contributed by atoms with Crippen molar-refractivity contribution in [3.05, 3.63) is 21.4 Å². The van der Waals surface area contributed by atoms with Crippen molar-refractivity contribution < 1.29 is 19.4 Å². The van der Waals surface area contributed by atoms with Gasteiger partial charge in [0, 0.05) is 60.7 Å². The molecule has 2 fully saturated rings. The van der Waals surface area contributed by atoms with E-state index in [1.165, 1.54) is 7.11 Å². The highest BCUT2D eigenvalue weighted by atomic mass is 127. The summed E-state index contributed by atoms with van der Waals surface area (Å²) in [7, 11) is 1.38. The molecule has 7 nitrogen and oxygen atoms in total. The van der Waals surface area contributed by atoms with Gasteiger partial charge in [-0.2, -0.15) is 0 Å². The van der Waals surface area contributed by atoms with Crippen molar-refractivity contribution in [2.24, 2.45) is 5.92 Å². The van der Waals surface area contributed by atoms with Gasteiger partial charge in [0.15, 0.2) is 0 Å². The summed E-state index contributed by atoms with van der Waals surface area (Å²) in [5, 5.41) is 13.6. The predicted octanol–water partition coefficient (Wildman–Crippen LogP) is 1.43. The van der Waals surface area contributed by atoms with Gasteiger partial charge in [-0.25, -0.2) is 9.78 Å². The van der Waals surface area contributed by atoms with E-state index < -0.39 is 0 Å². The summed E-state index contributed by atoms with van der Waals surface area (Å²) in [6, 6.07) is 2.52. The number of hydrogen-bond donors (Lipinski definition) is 2. The first-order valence-electron chi connectivity index (χ1n) is 9.05. The summed E-state index contributed by atoms with van der Waals surface area (Å²) >= 11 is 2.14. The highest BCUT2D eigenvalue weighted by molar-refractivity contribution is 14.1. The first-order valence-corrected chi connectivity index (χ1v) is 10.1. The molecule has 2 unspecified atom stereocenters. The van der Waals surface area contributed by atoms with Crippen LogP contribution in [-0.2, 0) is 9.47 Å². The van der Waals surface area contributed by atoms with Gasteiger partial charge in [0.25, 0.3) is 0 Å². The van der Waals surface area contributed by atoms with Gasteiger partial charge in [0.05, 0.1) is 7.11 Å². The summed E-state index contributed by atoms with van der Waals surface area (Å²) in [6.45, 7) is 3.16. The SMILES string of the molecule is COC(=O)c1cc(I)cnc1N1CCC(NC2CCOCC2)C(CO)C1. The molecule has 0 radical (unpaired) electrons. The van der Waals surface area contributed by atoms with Crippen LogP contribution in [0.15, 0.2) is 12.3 Å². The smallest absolute Gasteiger partial charge is 0.341 e. The molecule has 1 aromatic heterocycles. The molecule has 0 spiro atoms. The lowest BCUT2D eigenvalue weighted by molar-refractivity contribution is 0.0600. The number of aliphatic hydroxyl groups is 1. The Balaban J connectivity index is 1.71. The molecule has 2 atom stereocenters. The third-order valence-electron chi connectivity index (χ3n) is 5.18. The second-order valence-corrected chi connectivity index (χ2v) is 8.10. The van der Waals surface area contributed by atoms with Gasteiger partial charge in [-0.05, 0) is 47.9 Å². The van der Waals surface area contributed by atoms with Crippen molar-refractivity contribution in [1.29, 1.82) is 0 Å². The lowest BCUT2D eigenvalue weighted by atomic mass is 9.91. The van der Waals surface area contributed by atoms with Crippen LogP contribution < -0.4 is 10.2 Å². The summed E-state index contributed by atoms with van der Waals surface area (Å²) in [4.78, 5) is 18.7. The highest BCUT2D eigenvalue weighted by Gasteiger charge is 2.32. The first kappa shape index (κ1) is 19.8. The summed E-state index contributed by atoms with van der Waals surface area (Å²) in [5.41, 5.74) is 0.479. The maximum Gasteiger partial charge on any atom is 0.341 e. The summed E-state index contributed by atoms with van der Waals surface area (Å²) in [6.07, 6.45) is 4.69. The Morgan fingerprint density at radius 1 is 1.46 bits per heavy atom. The largest absolute Gasteiger partial charge is 0.465 e. The maximum absolute atomic E-state index is 12.1.